The second kappa shape index (κ2) is 4.02. The zero-order chi connectivity index (χ0) is 8.27. The highest BCUT2D eigenvalue weighted by atomic mass is 79.9. The fourth-order valence-corrected chi connectivity index (χ4v) is 2.29. The van der Waals surface area contributed by atoms with Crippen molar-refractivity contribution in [1.82, 2.24) is 0 Å². The van der Waals surface area contributed by atoms with Crippen LogP contribution in [0, 0.1) is 0 Å². The van der Waals surface area contributed by atoms with Gasteiger partial charge in [-0.05, 0) is 22.0 Å². The van der Waals surface area contributed by atoms with Gasteiger partial charge in [0.25, 0.3) is 0 Å². The third-order valence-electron chi connectivity index (χ3n) is 0.996. The lowest BCUT2D eigenvalue weighted by Crippen LogP contribution is -1.69. The predicted molar refractivity (Wildman–Crippen MR) is 48.9 cm³/mol. The van der Waals surface area contributed by atoms with E-state index < -0.39 is 0 Å². The Bertz CT molecular complexity index is 286. The van der Waals surface area contributed by atoms with E-state index >= 15 is 0 Å². The van der Waals surface area contributed by atoms with Crippen LogP contribution in [-0.2, 0) is 11.3 Å². The average molecular weight is 253 g/mol. The van der Waals surface area contributed by atoms with Gasteiger partial charge in [-0.15, -0.1) is 11.3 Å². The topological polar surface area (TPSA) is 29.4 Å². The van der Waals surface area contributed by atoms with E-state index in [1.807, 2.05) is 6.07 Å². The Hall–Kier alpha value is -0.150. The van der Waals surface area contributed by atoms with Gasteiger partial charge in [-0.25, -0.2) is 9.79 Å². The molecule has 58 valence electrons. The van der Waals surface area contributed by atoms with Gasteiger partial charge >= 0.3 is 0 Å². The average Bonchev–Trinajstić information content (AvgIpc) is 2.28. The Kier molecular flexibility index (Phi) is 3.27. The molecule has 0 aliphatic carbocycles. The molecule has 1 rings (SSSR count). The summed E-state index contributed by atoms with van der Waals surface area (Å²) in [5, 5.41) is 0. The molecule has 0 unspecified atom stereocenters. The number of rotatable bonds is 2. The van der Waals surface area contributed by atoms with Crippen LogP contribution < -0.4 is 0 Å². The smallest absolute Gasteiger partial charge is 0.211 e. The fourth-order valence-electron chi connectivity index (χ4n) is 0.580. The van der Waals surface area contributed by atoms with Crippen molar-refractivity contribution >= 4 is 44.9 Å². The molecule has 0 aliphatic heterocycles. The van der Waals surface area contributed by atoms with Gasteiger partial charge < -0.3 is 0 Å². The maximum atomic E-state index is 9.74. The quantitative estimate of drug-likeness (QED) is 0.588. The molecule has 11 heavy (non-hydrogen) atoms. The van der Waals surface area contributed by atoms with Crippen molar-refractivity contribution in [3.63, 3.8) is 0 Å². The van der Waals surface area contributed by atoms with E-state index in [-0.39, 0.29) is 0 Å². The molecular weight excluding hydrogens is 249 g/mol. The Balaban J connectivity index is 2.80. The van der Waals surface area contributed by atoms with E-state index in [2.05, 4.69) is 20.9 Å². The van der Waals surface area contributed by atoms with Gasteiger partial charge in [-0.2, -0.15) is 0 Å². The summed E-state index contributed by atoms with van der Waals surface area (Å²) in [6.07, 6.45) is 1.47. The summed E-state index contributed by atoms with van der Waals surface area (Å²) in [5.74, 6) is 0. The van der Waals surface area contributed by atoms with Crippen LogP contribution in [0.25, 0.3) is 0 Å². The molecule has 1 aromatic rings. The van der Waals surface area contributed by atoms with Crippen LogP contribution in [0.3, 0.4) is 0 Å². The number of isocyanates is 1. The third kappa shape index (κ3) is 2.42. The number of hydrogen-bond donors (Lipinski definition) is 0. The van der Waals surface area contributed by atoms with Crippen LogP contribution in [0.5, 0.6) is 0 Å². The summed E-state index contributed by atoms with van der Waals surface area (Å²) in [6, 6.07) is 1.84. The van der Waals surface area contributed by atoms with Crippen molar-refractivity contribution in [2.75, 3.05) is 0 Å². The lowest BCUT2D eigenvalue weighted by molar-refractivity contribution is 0.563. The van der Waals surface area contributed by atoms with E-state index in [4.69, 9.17) is 11.6 Å². The molecule has 0 atom stereocenters. The molecule has 0 saturated heterocycles. The first kappa shape index (κ1) is 8.94. The summed E-state index contributed by atoms with van der Waals surface area (Å²) < 4.78 is 1.53. The van der Waals surface area contributed by atoms with Gasteiger partial charge in [0.05, 0.1) is 6.54 Å². The molecule has 0 N–H and O–H groups in total. The summed E-state index contributed by atoms with van der Waals surface area (Å²) >= 11 is 10.4. The van der Waals surface area contributed by atoms with Crippen molar-refractivity contribution in [3.8, 4) is 0 Å². The first-order chi connectivity index (χ1) is 5.24. The molecule has 1 heterocycles. The summed E-state index contributed by atoms with van der Waals surface area (Å²) in [4.78, 5) is 14.1. The SMILES string of the molecule is O=C=NCc1cc(Br)c(Cl)s1. The minimum Gasteiger partial charge on any atom is -0.211 e. The minimum absolute atomic E-state index is 0.361. The van der Waals surface area contributed by atoms with Gasteiger partial charge in [0.15, 0.2) is 0 Å². The predicted octanol–water partition coefficient (Wildman–Crippen LogP) is 3.00. The molecular formula is C6H3BrClNOS. The van der Waals surface area contributed by atoms with Gasteiger partial charge in [0.2, 0.25) is 6.08 Å². The van der Waals surface area contributed by atoms with Crippen molar-refractivity contribution < 1.29 is 4.79 Å². The van der Waals surface area contributed by atoms with E-state index in [0.29, 0.717) is 10.9 Å². The maximum absolute atomic E-state index is 9.74. The summed E-state index contributed by atoms with van der Waals surface area (Å²) in [7, 11) is 0. The molecule has 0 bridgehead atoms. The van der Waals surface area contributed by atoms with Crippen LogP contribution in [0.15, 0.2) is 15.5 Å². The number of carbonyl (C=O) groups excluding carboxylic acids is 1. The van der Waals surface area contributed by atoms with Crippen molar-refractivity contribution in [3.05, 3.63) is 19.8 Å². The monoisotopic (exact) mass is 251 g/mol. The maximum Gasteiger partial charge on any atom is 0.235 e. The first-order valence-corrected chi connectivity index (χ1v) is 4.70. The fraction of sp³-hybridized carbons (Fsp3) is 0.167. The normalized spacial score (nSPS) is 9.27. The third-order valence-corrected chi connectivity index (χ3v) is 3.46. The van der Waals surface area contributed by atoms with E-state index in [1.165, 1.54) is 17.4 Å². The van der Waals surface area contributed by atoms with Crippen molar-refractivity contribution in [2.45, 2.75) is 6.54 Å². The Labute approximate surface area is 81.0 Å². The second-order valence-electron chi connectivity index (χ2n) is 1.74. The molecule has 2 nitrogen and oxygen atoms in total. The minimum atomic E-state index is 0.361. The molecule has 0 saturated carbocycles. The number of aliphatic imine (C=N–C) groups is 1. The van der Waals surface area contributed by atoms with Gasteiger partial charge in [-0.3, -0.25) is 0 Å². The van der Waals surface area contributed by atoms with E-state index in [9.17, 15) is 4.79 Å². The second-order valence-corrected chi connectivity index (χ2v) is 4.34. The highest BCUT2D eigenvalue weighted by molar-refractivity contribution is 9.10. The van der Waals surface area contributed by atoms with Gasteiger partial charge in [0, 0.05) is 9.35 Å². The zero-order valence-electron chi connectivity index (χ0n) is 5.30. The molecule has 0 amide bonds. The lowest BCUT2D eigenvalue weighted by atomic mass is 10.5. The number of halogens is 2. The summed E-state index contributed by atoms with van der Waals surface area (Å²) in [5.41, 5.74) is 0. The van der Waals surface area contributed by atoms with Crippen LogP contribution in [0.4, 0.5) is 0 Å². The van der Waals surface area contributed by atoms with Gasteiger partial charge in [0.1, 0.15) is 4.34 Å². The Morgan fingerprint density at radius 2 is 2.55 bits per heavy atom. The molecule has 5 heteroatoms. The van der Waals surface area contributed by atoms with Crippen LogP contribution in [-0.4, -0.2) is 6.08 Å². The van der Waals surface area contributed by atoms with Crippen LogP contribution in [0.1, 0.15) is 4.88 Å². The summed E-state index contributed by atoms with van der Waals surface area (Å²) in [6.45, 7) is 0.361. The number of thiophene rings is 1. The van der Waals surface area contributed by atoms with Crippen molar-refractivity contribution in [2.24, 2.45) is 4.99 Å². The van der Waals surface area contributed by atoms with Crippen LogP contribution in [0.2, 0.25) is 4.34 Å². The van der Waals surface area contributed by atoms with E-state index in [1.54, 1.807) is 0 Å². The molecule has 0 aromatic carbocycles. The van der Waals surface area contributed by atoms with E-state index in [0.717, 1.165) is 9.35 Å². The largest absolute Gasteiger partial charge is 0.235 e. The van der Waals surface area contributed by atoms with Crippen molar-refractivity contribution in [1.29, 1.82) is 0 Å². The Morgan fingerprint density at radius 3 is 3.00 bits per heavy atom. The highest BCUT2D eigenvalue weighted by Gasteiger charge is 2.02. The first-order valence-electron chi connectivity index (χ1n) is 2.71. The molecule has 0 radical (unpaired) electrons. The number of nitrogens with zero attached hydrogens (tertiary/aromatic N) is 1. The Morgan fingerprint density at radius 1 is 1.82 bits per heavy atom. The van der Waals surface area contributed by atoms with Crippen LogP contribution >= 0.6 is 38.9 Å². The number of hydrogen-bond acceptors (Lipinski definition) is 3. The molecule has 0 spiro atoms. The highest BCUT2D eigenvalue weighted by Crippen LogP contribution is 2.32. The van der Waals surface area contributed by atoms with Gasteiger partial charge in [-0.1, -0.05) is 11.6 Å². The molecule has 1 aromatic heterocycles. The molecule has 0 fully saturated rings. The lowest BCUT2D eigenvalue weighted by Gasteiger charge is -1.80. The standard InChI is InChI=1S/C6H3BrClNOS/c7-5-1-4(2-9-3-10)11-6(5)8/h1H,2H2. The molecule has 0 aliphatic rings. The zero-order valence-corrected chi connectivity index (χ0v) is 8.46.